The Balaban J connectivity index is 1.71. The Kier molecular flexibility index (Phi) is 7.15. The van der Waals surface area contributed by atoms with E-state index < -0.39 is 0 Å². The van der Waals surface area contributed by atoms with E-state index >= 15 is 0 Å². The van der Waals surface area contributed by atoms with Crippen LogP contribution in [0.15, 0.2) is 24.3 Å². The molecule has 1 fully saturated rings. The molecule has 1 aliphatic rings. The lowest BCUT2D eigenvalue weighted by Gasteiger charge is -2.28. The summed E-state index contributed by atoms with van der Waals surface area (Å²) in [5, 5.41) is 3.72. The highest BCUT2D eigenvalue weighted by Crippen LogP contribution is 2.12. The molecule has 1 aromatic carbocycles. The number of hydrogen-bond donors (Lipinski definition) is 1. The van der Waals surface area contributed by atoms with Crippen LogP contribution in [0.25, 0.3) is 0 Å². The van der Waals surface area contributed by atoms with Gasteiger partial charge in [0.25, 0.3) is 0 Å². The number of likely N-dealkylation sites (N-methyl/N-ethyl adjacent to an activating group) is 1. The number of rotatable bonds is 6. The summed E-state index contributed by atoms with van der Waals surface area (Å²) in [6.07, 6.45) is 0.810. The standard InChI is InChI=1S/C17H26ClN3O2/c1-14(13-15-3-5-16(18)6-4-15)20(2)17(22)19-7-8-21-9-11-23-12-10-21/h3-6,14H,7-13H2,1-2H3,(H,19,22)/t14-/m0/s1. The van der Waals surface area contributed by atoms with E-state index in [0.717, 1.165) is 44.3 Å². The topological polar surface area (TPSA) is 44.8 Å². The van der Waals surface area contributed by atoms with E-state index in [9.17, 15) is 4.79 Å². The largest absolute Gasteiger partial charge is 0.379 e. The minimum atomic E-state index is -0.0280. The maximum absolute atomic E-state index is 12.2. The van der Waals surface area contributed by atoms with Crippen LogP contribution < -0.4 is 5.32 Å². The Labute approximate surface area is 143 Å². The molecule has 1 saturated heterocycles. The minimum Gasteiger partial charge on any atom is -0.379 e. The van der Waals surface area contributed by atoms with Gasteiger partial charge in [0.15, 0.2) is 0 Å². The summed E-state index contributed by atoms with van der Waals surface area (Å²) in [4.78, 5) is 16.3. The minimum absolute atomic E-state index is 0.0280. The first-order valence-corrected chi connectivity index (χ1v) is 8.49. The molecule has 1 heterocycles. The second kappa shape index (κ2) is 9.11. The fourth-order valence-electron chi connectivity index (χ4n) is 2.57. The van der Waals surface area contributed by atoms with E-state index in [-0.39, 0.29) is 12.1 Å². The Bertz CT molecular complexity index is 489. The quantitative estimate of drug-likeness (QED) is 0.864. The molecule has 0 spiro atoms. The van der Waals surface area contributed by atoms with Gasteiger partial charge in [-0.3, -0.25) is 4.90 Å². The maximum Gasteiger partial charge on any atom is 0.317 e. The van der Waals surface area contributed by atoms with Crippen LogP contribution in [0, 0.1) is 0 Å². The lowest BCUT2D eigenvalue weighted by atomic mass is 10.1. The van der Waals surface area contributed by atoms with Crippen LogP contribution in [0.2, 0.25) is 5.02 Å². The fraction of sp³-hybridized carbons (Fsp3) is 0.588. The molecular weight excluding hydrogens is 314 g/mol. The smallest absolute Gasteiger partial charge is 0.317 e. The van der Waals surface area contributed by atoms with Gasteiger partial charge in [-0.1, -0.05) is 23.7 Å². The Hall–Kier alpha value is -1.30. The molecule has 0 aliphatic carbocycles. The van der Waals surface area contributed by atoms with Gasteiger partial charge in [0.2, 0.25) is 0 Å². The van der Waals surface area contributed by atoms with E-state index in [2.05, 4.69) is 17.1 Å². The van der Waals surface area contributed by atoms with Gasteiger partial charge in [0, 0.05) is 44.3 Å². The van der Waals surface area contributed by atoms with Crippen LogP contribution in [0.3, 0.4) is 0 Å². The number of amides is 2. The first kappa shape index (κ1) is 18.0. The highest BCUT2D eigenvalue weighted by atomic mass is 35.5. The molecule has 2 amide bonds. The van der Waals surface area contributed by atoms with Crippen LogP contribution in [-0.2, 0) is 11.2 Å². The Morgan fingerprint density at radius 1 is 1.35 bits per heavy atom. The van der Waals surface area contributed by atoms with E-state index in [0.29, 0.717) is 6.54 Å². The summed E-state index contributed by atoms with van der Waals surface area (Å²) >= 11 is 5.90. The normalized spacial score (nSPS) is 16.8. The van der Waals surface area contributed by atoms with Crippen molar-refractivity contribution in [2.45, 2.75) is 19.4 Å². The molecule has 0 unspecified atom stereocenters. The van der Waals surface area contributed by atoms with E-state index in [4.69, 9.17) is 16.3 Å². The van der Waals surface area contributed by atoms with Gasteiger partial charge in [-0.15, -0.1) is 0 Å². The molecule has 6 heteroatoms. The van der Waals surface area contributed by atoms with Crippen molar-refractivity contribution in [1.82, 2.24) is 15.1 Å². The molecule has 0 saturated carbocycles. The van der Waals surface area contributed by atoms with Gasteiger partial charge in [0.05, 0.1) is 13.2 Å². The second-order valence-corrected chi connectivity index (χ2v) is 6.41. The van der Waals surface area contributed by atoms with Gasteiger partial charge in [-0.05, 0) is 31.0 Å². The van der Waals surface area contributed by atoms with Gasteiger partial charge >= 0.3 is 6.03 Å². The van der Waals surface area contributed by atoms with E-state index in [1.807, 2.05) is 31.3 Å². The number of nitrogens with one attached hydrogen (secondary N) is 1. The van der Waals surface area contributed by atoms with Crippen molar-refractivity contribution >= 4 is 17.6 Å². The van der Waals surface area contributed by atoms with Crippen LogP contribution in [0.5, 0.6) is 0 Å². The predicted molar refractivity (Wildman–Crippen MR) is 93.0 cm³/mol. The van der Waals surface area contributed by atoms with Crippen LogP contribution in [0.1, 0.15) is 12.5 Å². The third-order valence-electron chi connectivity index (χ3n) is 4.23. The van der Waals surface area contributed by atoms with E-state index in [1.54, 1.807) is 4.90 Å². The van der Waals surface area contributed by atoms with Crippen molar-refractivity contribution in [2.24, 2.45) is 0 Å². The number of carbonyl (C=O) groups is 1. The number of halogens is 1. The zero-order chi connectivity index (χ0) is 16.7. The van der Waals surface area contributed by atoms with Gasteiger partial charge < -0.3 is 15.0 Å². The van der Waals surface area contributed by atoms with Gasteiger partial charge in [-0.2, -0.15) is 0 Å². The molecule has 0 bridgehead atoms. The Morgan fingerprint density at radius 2 is 2.00 bits per heavy atom. The average Bonchev–Trinajstić information content (AvgIpc) is 2.57. The van der Waals surface area contributed by atoms with Crippen molar-refractivity contribution in [2.75, 3.05) is 46.4 Å². The van der Waals surface area contributed by atoms with Gasteiger partial charge in [0.1, 0.15) is 0 Å². The monoisotopic (exact) mass is 339 g/mol. The SMILES string of the molecule is C[C@@H](Cc1ccc(Cl)cc1)N(C)C(=O)NCCN1CCOCC1. The molecule has 1 N–H and O–H groups in total. The van der Waals surface area contributed by atoms with Crippen LogP contribution in [0.4, 0.5) is 4.79 Å². The zero-order valence-electron chi connectivity index (χ0n) is 13.9. The first-order valence-electron chi connectivity index (χ1n) is 8.11. The summed E-state index contributed by atoms with van der Waals surface area (Å²) in [6, 6.07) is 7.86. The molecular formula is C17H26ClN3O2. The molecule has 2 rings (SSSR count). The summed E-state index contributed by atoms with van der Waals surface area (Å²) < 4.78 is 5.32. The molecule has 0 radical (unpaired) electrons. The summed E-state index contributed by atoms with van der Waals surface area (Å²) in [6.45, 7) is 7.04. The first-order chi connectivity index (χ1) is 11.1. The van der Waals surface area contributed by atoms with E-state index in [1.165, 1.54) is 5.56 Å². The van der Waals surface area contributed by atoms with Crippen molar-refractivity contribution in [1.29, 1.82) is 0 Å². The number of urea groups is 1. The summed E-state index contributed by atoms with van der Waals surface area (Å²) in [5.41, 5.74) is 1.18. The summed E-state index contributed by atoms with van der Waals surface area (Å²) in [7, 11) is 1.84. The zero-order valence-corrected chi connectivity index (χ0v) is 14.7. The predicted octanol–water partition coefficient (Wildman–Crippen LogP) is 2.24. The lowest BCUT2D eigenvalue weighted by Crippen LogP contribution is -2.46. The average molecular weight is 340 g/mol. The van der Waals surface area contributed by atoms with Crippen molar-refractivity contribution in [3.8, 4) is 0 Å². The molecule has 23 heavy (non-hydrogen) atoms. The third kappa shape index (κ3) is 6.01. The number of hydrogen-bond acceptors (Lipinski definition) is 3. The molecule has 0 aromatic heterocycles. The van der Waals surface area contributed by atoms with Crippen LogP contribution >= 0.6 is 11.6 Å². The van der Waals surface area contributed by atoms with Crippen LogP contribution in [-0.4, -0.2) is 68.3 Å². The highest BCUT2D eigenvalue weighted by molar-refractivity contribution is 6.30. The molecule has 5 nitrogen and oxygen atoms in total. The highest BCUT2D eigenvalue weighted by Gasteiger charge is 2.16. The number of nitrogens with zero attached hydrogens (tertiary/aromatic N) is 2. The summed E-state index contributed by atoms with van der Waals surface area (Å²) in [5.74, 6) is 0. The molecule has 1 aromatic rings. The molecule has 1 aliphatic heterocycles. The number of ether oxygens (including phenoxy) is 1. The molecule has 1 atom stereocenters. The maximum atomic E-state index is 12.2. The number of morpholine rings is 1. The second-order valence-electron chi connectivity index (χ2n) is 5.98. The van der Waals surface area contributed by atoms with Crippen molar-refractivity contribution in [3.63, 3.8) is 0 Å². The fourth-order valence-corrected chi connectivity index (χ4v) is 2.70. The number of carbonyl (C=O) groups excluding carboxylic acids is 1. The third-order valence-corrected chi connectivity index (χ3v) is 4.49. The van der Waals surface area contributed by atoms with Gasteiger partial charge in [-0.25, -0.2) is 4.79 Å². The lowest BCUT2D eigenvalue weighted by molar-refractivity contribution is 0.0386. The molecule has 128 valence electrons. The Morgan fingerprint density at radius 3 is 2.65 bits per heavy atom. The number of benzene rings is 1. The van der Waals surface area contributed by atoms with Crippen molar-refractivity contribution < 1.29 is 9.53 Å². The van der Waals surface area contributed by atoms with Crippen molar-refractivity contribution in [3.05, 3.63) is 34.9 Å².